The Bertz CT molecular complexity index is 2980. The van der Waals surface area contributed by atoms with E-state index in [0.717, 1.165) is 16.7 Å². The summed E-state index contributed by atoms with van der Waals surface area (Å²) in [7, 11) is 1.41. The van der Waals surface area contributed by atoms with Gasteiger partial charge in [0.25, 0.3) is 20.3 Å². The third kappa shape index (κ3) is 10.4. The van der Waals surface area contributed by atoms with E-state index < -0.39 is 50.0 Å². The lowest BCUT2D eigenvalue weighted by atomic mass is 9.79. The van der Waals surface area contributed by atoms with E-state index in [0.29, 0.717) is 22.6 Å². The predicted molar refractivity (Wildman–Crippen MR) is 275 cm³/mol. The molecule has 17 nitrogen and oxygen atoms in total. The van der Waals surface area contributed by atoms with Crippen LogP contribution in [0.1, 0.15) is 77.8 Å². The Kier molecular flexibility index (Phi) is 15.5. The molecule has 2 amide bonds. The van der Waals surface area contributed by atoms with Crippen molar-refractivity contribution in [2.24, 2.45) is 0 Å². The monoisotopic (exact) mass is 1000 g/mol. The lowest BCUT2D eigenvalue weighted by Crippen LogP contribution is -2.49. The zero-order chi connectivity index (χ0) is 51.1. The smallest absolute Gasteiger partial charge is 0.259 e. The molecule has 5 atom stereocenters. The number of imidazole rings is 1. The van der Waals surface area contributed by atoms with Crippen LogP contribution in [-0.4, -0.2) is 99.9 Å². The zero-order valence-electron chi connectivity index (χ0n) is 41.4. The number of hydrogen-bond acceptors (Lipinski definition) is 14. The first kappa shape index (κ1) is 50.8. The highest BCUT2D eigenvalue weighted by Crippen LogP contribution is 2.56. The molecule has 9 rings (SSSR count). The van der Waals surface area contributed by atoms with Crippen LogP contribution in [0.15, 0.2) is 146 Å². The van der Waals surface area contributed by atoms with E-state index in [4.69, 9.17) is 42.7 Å². The Hall–Kier alpha value is -7.13. The average molecular weight is 1010 g/mol. The van der Waals surface area contributed by atoms with Crippen molar-refractivity contribution in [1.82, 2.24) is 24.2 Å². The number of fused-ring (bicyclic) bond motifs is 3. The van der Waals surface area contributed by atoms with Gasteiger partial charge in [0.1, 0.15) is 34.9 Å². The third-order valence-electron chi connectivity index (χ3n) is 12.8. The summed E-state index contributed by atoms with van der Waals surface area (Å²) < 4.78 is 50.6. The van der Waals surface area contributed by atoms with E-state index in [-0.39, 0.29) is 61.3 Å². The summed E-state index contributed by atoms with van der Waals surface area (Å²) in [5.41, 5.74) is 1.10. The number of nitrogens with one attached hydrogen (secondary N) is 2. The van der Waals surface area contributed by atoms with Crippen molar-refractivity contribution < 1.29 is 42.3 Å². The molecule has 0 radical (unpaired) electrons. The van der Waals surface area contributed by atoms with Crippen LogP contribution >= 0.6 is 8.53 Å². The van der Waals surface area contributed by atoms with Crippen LogP contribution in [0.3, 0.4) is 0 Å². The van der Waals surface area contributed by atoms with Gasteiger partial charge in [-0.2, -0.15) is 15.2 Å². The quantitative estimate of drug-likeness (QED) is 0.0393. The van der Waals surface area contributed by atoms with Gasteiger partial charge in [-0.3, -0.25) is 19.5 Å². The van der Waals surface area contributed by atoms with Crippen molar-refractivity contribution in [3.05, 3.63) is 174 Å². The normalized spacial score (nSPS) is 18.8. The minimum absolute atomic E-state index is 0.0173. The Morgan fingerprint density at radius 1 is 0.795 bits per heavy atom. The van der Waals surface area contributed by atoms with Crippen LogP contribution in [0.4, 0.5) is 11.8 Å². The van der Waals surface area contributed by atoms with Crippen LogP contribution in [0.25, 0.3) is 11.2 Å². The molecule has 73 heavy (non-hydrogen) atoms. The maximum Gasteiger partial charge on any atom is 0.259 e. The van der Waals surface area contributed by atoms with Crippen molar-refractivity contribution in [3.63, 3.8) is 0 Å². The number of anilines is 2. The van der Waals surface area contributed by atoms with E-state index in [1.165, 1.54) is 0 Å². The number of rotatable bonds is 21. The van der Waals surface area contributed by atoms with Gasteiger partial charge in [-0.15, -0.1) is 0 Å². The van der Waals surface area contributed by atoms with Gasteiger partial charge < -0.3 is 38.0 Å². The molecule has 2 aromatic heterocycles. The number of nitriles is 1. The Labute approximate surface area is 425 Å². The third-order valence-corrected chi connectivity index (χ3v) is 14.9. The maximum atomic E-state index is 13.7. The number of benzene rings is 5. The number of aromatic nitrogens is 4. The summed E-state index contributed by atoms with van der Waals surface area (Å²) in [4.78, 5) is 41.6. The second-order valence-corrected chi connectivity index (χ2v) is 19.5. The summed E-state index contributed by atoms with van der Waals surface area (Å²) in [5, 5.41) is 15.3. The van der Waals surface area contributed by atoms with Crippen LogP contribution in [0, 0.1) is 11.3 Å². The van der Waals surface area contributed by atoms with Crippen LogP contribution in [-0.2, 0) is 28.9 Å². The van der Waals surface area contributed by atoms with Gasteiger partial charge in [-0.05, 0) is 92.9 Å². The molecule has 18 heteroatoms. The summed E-state index contributed by atoms with van der Waals surface area (Å²) in [6, 6.07) is 45.0. The topological polar surface area (TPSA) is 193 Å². The fourth-order valence-electron chi connectivity index (χ4n) is 9.35. The largest absolute Gasteiger partial charge is 0.497 e. The molecule has 2 aliphatic rings. The van der Waals surface area contributed by atoms with E-state index in [2.05, 4.69) is 54.1 Å². The van der Waals surface area contributed by atoms with Gasteiger partial charge in [0, 0.05) is 23.2 Å². The Morgan fingerprint density at radius 3 is 1.89 bits per heavy atom. The molecule has 0 aliphatic carbocycles. The van der Waals surface area contributed by atoms with Crippen molar-refractivity contribution in [2.75, 3.05) is 44.7 Å². The highest BCUT2D eigenvalue weighted by molar-refractivity contribution is 7.44. The summed E-state index contributed by atoms with van der Waals surface area (Å²) in [5.74, 6) is 0.407. The van der Waals surface area contributed by atoms with Crippen LogP contribution < -0.4 is 20.1 Å². The lowest BCUT2D eigenvalue weighted by molar-refractivity contribution is -0.202. The summed E-state index contributed by atoms with van der Waals surface area (Å²) in [6.45, 7) is 8.39. The highest BCUT2D eigenvalue weighted by atomic mass is 31.2. The first-order chi connectivity index (χ1) is 35.5. The van der Waals surface area contributed by atoms with Gasteiger partial charge in [-0.1, -0.05) is 91.0 Å². The molecule has 0 spiro atoms. The molecular weight excluding hydrogens is 948 g/mol. The number of methoxy groups -OCH3 is 2. The van der Waals surface area contributed by atoms with E-state index in [9.17, 15) is 14.9 Å². The zero-order valence-corrected chi connectivity index (χ0v) is 42.3. The number of carbonyl (C=O) groups excluding carboxylic acids is 2. The minimum Gasteiger partial charge on any atom is -0.497 e. The molecule has 376 valence electrons. The maximum absolute atomic E-state index is 13.7. The molecule has 2 aliphatic heterocycles. The van der Waals surface area contributed by atoms with Gasteiger partial charge in [0.15, 0.2) is 23.2 Å². The minimum atomic E-state index is -1.84. The van der Waals surface area contributed by atoms with E-state index >= 15 is 0 Å². The fourth-order valence-corrected chi connectivity index (χ4v) is 11.2. The molecule has 4 heterocycles. The second-order valence-electron chi connectivity index (χ2n) is 18.1. The molecule has 0 saturated carbocycles. The van der Waals surface area contributed by atoms with Gasteiger partial charge in [0.2, 0.25) is 5.95 Å². The number of hydrogen-bond donors (Lipinski definition) is 2. The van der Waals surface area contributed by atoms with E-state index in [1.807, 2.05) is 91.0 Å². The Balaban J connectivity index is 1.18. The molecule has 2 fully saturated rings. The molecule has 5 aromatic carbocycles. The lowest BCUT2D eigenvalue weighted by Gasteiger charge is -2.41. The van der Waals surface area contributed by atoms with Crippen LogP contribution in [0.5, 0.6) is 11.5 Å². The van der Waals surface area contributed by atoms with Crippen molar-refractivity contribution in [2.45, 2.75) is 75.8 Å². The van der Waals surface area contributed by atoms with Crippen molar-refractivity contribution >= 4 is 43.3 Å². The molecular formula is C55H57N8O9P. The molecule has 2 saturated heterocycles. The summed E-state index contributed by atoms with van der Waals surface area (Å²) in [6.07, 6.45) is -0.933. The van der Waals surface area contributed by atoms with Crippen molar-refractivity contribution in [1.29, 1.82) is 5.26 Å². The number of amides is 2. The first-order valence-electron chi connectivity index (χ1n) is 24.0. The molecule has 2 bridgehead atoms. The molecule has 2 N–H and O–H groups in total. The molecule has 1 unspecified atom stereocenters. The van der Waals surface area contributed by atoms with E-state index in [1.54, 1.807) is 73.6 Å². The van der Waals surface area contributed by atoms with Gasteiger partial charge >= 0.3 is 0 Å². The average Bonchev–Trinajstić information content (AvgIpc) is 4.10. The van der Waals surface area contributed by atoms with Gasteiger partial charge in [0.05, 0.1) is 52.9 Å². The fraction of sp³-hybridized carbons (Fsp3) is 0.309. The predicted octanol–water partition coefficient (Wildman–Crippen LogP) is 9.68. The highest BCUT2D eigenvalue weighted by Gasteiger charge is 2.65. The van der Waals surface area contributed by atoms with Gasteiger partial charge in [-0.25, -0.2) is 9.65 Å². The van der Waals surface area contributed by atoms with Crippen LogP contribution in [0.2, 0.25) is 0 Å². The Morgan fingerprint density at radius 2 is 1.34 bits per heavy atom. The number of ether oxygens (including phenoxy) is 5. The number of nitrogens with zero attached hydrogens (tertiary/aromatic N) is 6. The summed E-state index contributed by atoms with van der Waals surface area (Å²) >= 11 is 0. The standard InChI is InChI=1S/C55H57N8O9P/c1-36(2)63(37(3)4)73(70-32-16-31-56)72-47-46-52(62-35-57-45-48(58-50(64)38-17-10-7-11-18-38)59-53(60-49(45)62)61-51(65)39-19-12-8-13-20-39)71-54(47,33-68-46)34-69-55(40-21-14-9-15-22-40,41-23-27-43(66-5)28-24-41)42-25-29-44(67-6)30-26-42/h7-15,17-30,35-37,46-47,52H,16,32-34H2,1-6H3,(H2,58,59,60,61,64,65)/t46-,47+,52-,54-,73?/m1/s1. The first-order valence-corrected chi connectivity index (χ1v) is 25.1. The molecule has 7 aromatic rings. The SMILES string of the molecule is COc1ccc(C(OC[C@@]23CO[C@@H]([C@H](n4cnc5c(NC(=O)c6ccccc6)nc(NC(=O)c6ccccc6)nc54)O2)[C@@H]3OP(OCCC#N)N(C(C)C)C(C)C)(c2ccccc2)c2ccc(OC)cc2)cc1. The van der Waals surface area contributed by atoms with Crippen molar-refractivity contribution in [3.8, 4) is 17.6 Å². The second kappa shape index (κ2) is 22.3. The number of carbonyl (C=O) groups is 2.